The zero-order valence-electron chi connectivity index (χ0n) is 17.3. The molecule has 3 rings (SSSR count). The van der Waals surface area contributed by atoms with Crippen LogP contribution in [0.3, 0.4) is 0 Å². The van der Waals surface area contributed by atoms with Gasteiger partial charge in [-0.1, -0.05) is 37.3 Å². The first-order valence-corrected chi connectivity index (χ1v) is 10.7. The molecule has 1 aromatic carbocycles. The second-order valence-electron chi connectivity index (χ2n) is 7.95. The number of hydrogen-bond acceptors (Lipinski definition) is 5. The second-order valence-corrected chi connectivity index (χ2v) is 7.95. The van der Waals surface area contributed by atoms with E-state index < -0.39 is 5.92 Å². The molecule has 6 nitrogen and oxygen atoms in total. The van der Waals surface area contributed by atoms with E-state index in [1.807, 2.05) is 42.2 Å². The minimum Gasteiger partial charge on any atom is -0.340 e. The van der Waals surface area contributed by atoms with Crippen LogP contribution in [0, 0.1) is 5.92 Å². The molecule has 1 heterocycles. The Morgan fingerprint density at radius 2 is 1.72 bits per heavy atom. The van der Waals surface area contributed by atoms with Crippen LogP contribution in [0.5, 0.6) is 0 Å². The number of piperazine rings is 1. The van der Waals surface area contributed by atoms with Gasteiger partial charge in [-0.25, -0.2) is 0 Å². The summed E-state index contributed by atoms with van der Waals surface area (Å²) in [5, 5.41) is 0. The summed E-state index contributed by atoms with van der Waals surface area (Å²) in [7, 11) is 0. The van der Waals surface area contributed by atoms with Crippen LogP contribution in [0.1, 0.15) is 44.1 Å². The molecule has 1 aliphatic carbocycles. The first kappa shape index (κ1) is 21.4. The fourth-order valence-corrected chi connectivity index (χ4v) is 4.09. The third kappa shape index (κ3) is 5.82. The average Bonchev–Trinajstić information content (AvgIpc) is 2.74. The van der Waals surface area contributed by atoms with Crippen molar-refractivity contribution in [2.24, 2.45) is 10.9 Å². The van der Waals surface area contributed by atoms with Crippen molar-refractivity contribution >= 4 is 23.7 Å². The Morgan fingerprint density at radius 1 is 1.07 bits per heavy atom. The fraction of sp³-hybridized carbons (Fsp3) is 0.565. The Morgan fingerprint density at radius 3 is 2.34 bits per heavy atom. The number of ketones is 2. The van der Waals surface area contributed by atoms with E-state index >= 15 is 0 Å². The molecule has 0 N–H and O–H groups in total. The van der Waals surface area contributed by atoms with E-state index in [9.17, 15) is 14.4 Å². The maximum absolute atomic E-state index is 12.5. The summed E-state index contributed by atoms with van der Waals surface area (Å²) in [4.78, 5) is 45.5. The smallest absolute Gasteiger partial charge is 0.222 e. The van der Waals surface area contributed by atoms with Crippen LogP contribution in [-0.2, 0) is 14.4 Å². The Balaban J connectivity index is 1.41. The minimum absolute atomic E-state index is 0.00688. The predicted molar refractivity (Wildman–Crippen MR) is 113 cm³/mol. The van der Waals surface area contributed by atoms with E-state index in [-0.39, 0.29) is 23.4 Å². The van der Waals surface area contributed by atoms with E-state index in [1.165, 1.54) is 0 Å². The van der Waals surface area contributed by atoms with Crippen LogP contribution >= 0.6 is 0 Å². The summed E-state index contributed by atoms with van der Waals surface area (Å²) in [5.74, 6) is -0.497. The lowest BCUT2D eigenvalue weighted by Crippen LogP contribution is -2.49. The number of amides is 1. The Labute approximate surface area is 173 Å². The van der Waals surface area contributed by atoms with E-state index in [4.69, 9.17) is 0 Å². The average molecular weight is 398 g/mol. The van der Waals surface area contributed by atoms with Crippen LogP contribution in [0.15, 0.2) is 35.3 Å². The molecule has 1 aliphatic heterocycles. The molecule has 2 aliphatic rings. The van der Waals surface area contributed by atoms with E-state index in [0.717, 1.165) is 44.7 Å². The maximum Gasteiger partial charge on any atom is 0.222 e. The van der Waals surface area contributed by atoms with Crippen LogP contribution < -0.4 is 0 Å². The zero-order valence-corrected chi connectivity index (χ0v) is 17.3. The molecule has 2 fully saturated rings. The lowest BCUT2D eigenvalue weighted by Gasteiger charge is -2.34. The van der Waals surface area contributed by atoms with Crippen molar-refractivity contribution < 1.29 is 14.4 Å². The molecule has 0 unspecified atom stereocenters. The summed E-state index contributed by atoms with van der Waals surface area (Å²) >= 11 is 0. The monoisotopic (exact) mass is 397 g/mol. The Kier molecular flexibility index (Phi) is 7.69. The van der Waals surface area contributed by atoms with E-state index in [1.54, 1.807) is 6.21 Å². The van der Waals surface area contributed by atoms with Crippen molar-refractivity contribution in [3.63, 3.8) is 0 Å². The molecule has 1 aromatic rings. The van der Waals surface area contributed by atoms with Gasteiger partial charge in [0.25, 0.3) is 0 Å². The molecule has 6 heteroatoms. The number of aliphatic imine (C=N–C) groups is 1. The van der Waals surface area contributed by atoms with Gasteiger partial charge in [0.2, 0.25) is 5.91 Å². The molecule has 0 atom stereocenters. The number of Topliss-reactive ketones (excluding diaryl/α,β-unsaturated/α-hetero) is 2. The number of nitrogens with zero attached hydrogens (tertiary/aromatic N) is 3. The molecule has 0 aromatic heterocycles. The molecule has 156 valence electrons. The summed E-state index contributed by atoms with van der Waals surface area (Å²) in [6.45, 7) is 6.62. The summed E-state index contributed by atoms with van der Waals surface area (Å²) in [6.07, 6.45) is 3.88. The van der Waals surface area contributed by atoms with Crippen LogP contribution in [0.4, 0.5) is 0 Å². The van der Waals surface area contributed by atoms with Gasteiger partial charge in [-0.15, -0.1) is 0 Å². The van der Waals surface area contributed by atoms with Crippen molar-refractivity contribution in [3.05, 3.63) is 35.9 Å². The molecule has 1 saturated heterocycles. The normalized spacial score (nSPS) is 23.7. The highest BCUT2D eigenvalue weighted by Gasteiger charge is 2.34. The summed E-state index contributed by atoms with van der Waals surface area (Å²) in [5.41, 5.74) is 1.06. The van der Waals surface area contributed by atoms with Crippen LogP contribution in [-0.4, -0.2) is 72.8 Å². The largest absolute Gasteiger partial charge is 0.340 e. The molecule has 1 saturated carbocycles. The van der Waals surface area contributed by atoms with Crippen LogP contribution in [0.2, 0.25) is 0 Å². The van der Waals surface area contributed by atoms with Crippen molar-refractivity contribution in [3.8, 4) is 0 Å². The minimum atomic E-state index is -0.682. The highest BCUT2D eigenvalue weighted by atomic mass is 16.2. The van der Waals surface area contributed by atoms with Crippen molar-refractivity contribution in [2.45, 2.75) is 38.5 Å². The third-order valence-corrected chi connectivity index (χ3v) is 5.85. The Hall–Kier alpha value is -2.34. The van der Waals surface area contributed by atoms with Gasteiger partial charge < -0.3 is 4.90 Å². The van der Waals surface area contributed by atoms with Gasteiger partial charge in [0.15, 0.2) is 0 Å². The fourth-order valence-electron chi connectivity index (χ4n) is 4.09. The van der Waals surface area contributed by atoms with Gasteiger partial charge in [0.1, 0.15) is 17.5 Å². The van der Waals surface area contributed by atoms with E-state index in [2.05, 4.69) is 9.89 Å². The SMILES string of the molecule is CCCC(=O)N1CCN(CCN=CC2C(=O)CC(c3ccccc3)CC2=O)CC1. The first-order valence-electron chi connectivity index (χ1n) is 10.7. The number of rotatable bonds is 7. The molecule has 29 heavy (non-hydrogen) atoms. The molecule has 0 radical (unpaired) electrons. The number of hydrogen-bond donors (Lipinski definition) is 0. The van der Waals surface area contributed by atoms with Crippen molar-refractivity contribution in [2.75, 3.05) is 39.3 Å². The number of benzene rings is 1. The summed E-state index contributed by atoms with van der Waals surface area (Å²) < 4.78 is 0. The highest BCUT2D eigenvalue weighted by Crippen LogP contribution is 2.31. The van der Waals surface area contributed by atoms with Gasteiger partial charge in [-0.05, 0) is 17.9 Å². The Bertz CT molecular complexity index is 721. The molecular weight excluding hydrogens is 366 g/mol. The molecule has 0 spiro atoms. The molecule has 0 bridgehead atoms. The third-order valence-electron chi connectivity index (χ3n) is 5.85. The quantitative estimate of drug-likeness (QED) is 0.523. The number of carbonyl (C=O) groups excluding carboxylic acids is 3. The second kappa shape index (κ2) is 10.4. The first-order chi connectivity index (χ1) is 14.1. The zero-order chi connectivity index (χ0) is 20.6. The van der Waals surface area contributed by atoms with Crippen molar-refractivity contribution in [1.29, 1.82) is 0 Å². The van der Waals surface area contributed by atoms with Gasteiger partial charge in [-0.3, -0.25) is 24.3 Å². The van der Waals surface area contributed by atoms with Gasteiger partial charge >= 0.3 is 0 Å². The van der Waals surface area contributed by atoms with Gasteiger partial charge in [0, 0.05) is 58.2 Å². The van der Waals surface area contributed by atoms with E-state index in [0.29, 0.717) is 25.8 Å². The maximum atomic E-state index is 12.5. The van der Waals surface area contributed by atoms with Crippen molar-refractivity contribution in [1.82, 2.24) is 9.80 Å². The molecule has 1 amide bonds. The topological polar surface area (TPSA) is 70.1 Å². The lowest BCUT2D eigenvalue weighted by atomic mass is 9.77. The predicted octanol–water partition coefficient (Wildman–Crippen LogP) is 2.33. The molecular formula is C23H31N3O3. The van der Waals surface area contributed by atoms with Gasteiger partial charge in [0.05, 0.1) is 6.54 Å². The van der Waals surface area contributed by atoms with Gasteiger partial charge in [-0.2, -0.15) is 0 Å². The lowest BCUT2D eigenvalue weighted by molar-refractivity contribution is -0.134. The highest BCUT2D eigenvalue weighted by molar-refractivity contribution is 6.16. The number of carbonyl (C=O) groups is 3. The standard InChI is InChI=1S/C23H31N3O3/c1-2-6-23(29)26-13-11-25(12-14-26)10-9-24-17-20-21(27)15-19(16-22(20)28)18-7-4-3-5-8-18/h3-5,7-8,17,19-20H,2,6,9-16H2,1H3. The van der Waals surface area contributed by atoms with Crippen LogP contribution in [0.25, 0.3) is 0 Å². The summed E-state index contributed by atoms with van der Waals surface area (Å²) in [6, 6.07) is 9.79.